The summed E-state index contributed by atoms with van der Waals surface area (Å²) in [5.41, 5.74) is 0.939. The molecule has 0 saturated carbocycles. The van der Waals surface area contributed by atoms with E-state index in [1.807, 2.05) is 0 Å². The van der Waals surface area contributed by atoms with Gasteiger partial charge in [-0.1, -0.05) is 0 Å². The third kappa shape index (κ3) is 4.86. The van der Waals surface area contributed by atoms with Crippen molar-refractivity contribution in [1.82, 2.24) is 5.32 Å². The highest BCUT2D eigenvalue weighted by atomic mass is 19.1. The van der Waals surface area contributed by atoms with Crippen LogP contribution in [0.5, 0.6) is 11.5 Å². The molecule has 1 atom stereocenters. The SMILES string of the molecule is COc1ccc(OC)c(NC(=O)CNC(=O)[C@H]2CC(=O)N(c3ccc(F)cc3)C2)c1. The lowest BCUT2D eigenvalue weighted by Gasteiger charge is -2.16. The summed E-state index contributed by atoms with van der Waals surface area (Å²) >= 11 is 0. The monoisotopic (exact) mass is 415 g/mol. The lowest BCUT2D eigenvalue weighted by Crippen LogP contribution is -2.38. The van der Waals surface area contributed by atoms with Crippen molar-refractivity contribution in [3.63, 3.8) is 0 Å². The normalized spacial score (nSPS) is 15.6. The number of hydrogen-bond acceptors (Lipinski definition) is 5. The van der Waals surface area contributed by atoms with Crippen molar-refractivity contribution in [2.45, 2.75) is 6.42 Å². The van der Waals surface area contributed by atoms with Gasteiger partial charge in [0.05, 0.1) is 32.4 Å². The molecule has 9 heteroatoms. The highest BCUT2D eigenvalue weighted by Gasteiger charge is 2.35. The summed E-state index contributed by atoms with van der Waals surface area (Å²) in [6.07, 6.45) is 0.0224. The van der Waals surface area contributed by atoms with Gasteiger partial charge in [0.2, 0.25) is 17.7 Å². The van der Waals surface area contributed by atoms with Crippen LogP contribution < -0.4 is 25.0 Å². The molecule has 3 amide bonds. The van der Waals surface area contributed by atoms with E-state index in [2.05, 4.69) is 10.6 Å². The van der Waals surface area contributed by atoms with Gasteiger partial charge < -0.3 is 25.0 Å². The zero-order valence-electron chi connectivity index (χ0n) is 16.6. The molecule has 158 valence electrons. The highest BCUT2D eigenvalue weighted by molar-refractivity contribution is 6.01. The Morgan fingerprint density at radius 3 is 2.53 bits per heavy atom. The van der Waals surface area contributed by atoms with Crippen LogP contribution in [0, 0.1) is 11.7 Å². The van der Waals surface area contributed by atoms with E-state index in [1.54, 1.807) is 18.2 Å². The summed E-state index contributed by atoms with van der Waals surface area (Å²) in [4.78, 5) is 38.3. The number of anilines is 2. The maximum atomic E-state index is 13.1. The maximum absolute atomic E-state index is 13.1. The number of hydrogen-bond donors (Lipinski definition) is 2. The molecule has 0 aliphatic carbocycles. The molecule has 2 aromatic rings. The van der Waals surface area contributed by atoms with E-state index >= 15 is 0 Å². The van der Waals surface area contributed by atoms with Crippen LogP contribution in [0.4, 0.5) is 15.8 Å². The average Bonchev–Trinajstić information content (AvgIpc) is 3.14. The van der Waals surface area contributed by atoms with Gasteiger partial charge >= 0.3 is 0 Å². The summed E-state index contributed by atoms with van der Waals surface area (Å²) in [7, 11) is 2.98. The first-order valence-electron chi connectivity index (χ1n) is 9.26. The molecule has 0 radical (unpaired) electrons. The number of ether oxygens (including phenoxy) is 2. The molecular weight excluding hydrogens is 393 g/mol. The van der Waals surface area contributed by atoms with E-state index < -0.39 is 23.5 Å². The van der Waals surface area contributed by atoms with Gasteiger partial charge in [0.1, 0.15) is 17.3 Å². The second kappa shape index (κ2) is 9.25. The number of benzene rings is 2. The van der Waals surface area contributed by atoms with Crippen molar-refractivity contribution in [2.75, 3.05) is 37.5 Å². The summed E-state index contributed by atoms with van der Waals surface area (Å²) in [5, 5.41) is 5.21. The number of nitrogens with one attached hydrogen (secondary N) is 2. The molecule has 1 heterocycles. The Balaban J connectivity index is 1.55. The summed E-state index contributed by atoms with van der Waals surface area (Å²) in [5.74, 6) is -1.09. The molecular formula is C21H22FN3O5. The van der Waals surface area contributed by atoms with E-state index in [9.17, 15) is 18.8 Å². The largest absolute Gasteiger partial charge is 0.497 e. The van der Waals surface area contributed by atoms with Gasteiger partial charge in [-0.25, -0.2) is 4.39 Å². The second-order valence-corrected chi connectivity index (χ2v) is 6.71. The fourth-order valence-electron chi connectivity index (χ4n) is 3.17. The Morgan fingerprint density at radius 1 is 1.13 bits per heavy atom. The standard InChI is InChI=1S/C21H22FN3O5/c1-29-16-7-8-18(30-2)17(10-16)24-19(26)11-23-21(28)13-9-20(27)25(12-13)15-5-3-14(22)4-6-15/h3-8,10,13H,9,11-12H2,1-2H3,(H,23,28)(H,24,26)/t13-/m0/s1. The van der Waals surface area contributed by atoms with E-state index in [0.29, 0.717) is 22.9 Å². The minimum absolute atomic E-state index is 0.0224. The Morgan fingerprint density at radius 2 is 1.87 bits per heavy atom. The number of nitrogens with zero attached hydrogens (tertiary/aromatic N) is 1. The maximum Gasteiger partial charge on any atom is 0.243 e. The third-order valence-electron chi connectivity index (χ3n) is 4.74. The molecule has 2 N–H and O–H groups in total. The first-order valence-corrected chi connectivity index (χ1v) is 9.26. The predicted octanol–water partition coefficient (Wildman–Crippen LogP) is 1.95. The number of methoxy groups -OCH3 is 2. The van der Waals surface area contributed by atoms with Crippen LogP contribution in [0.1, 0.15) is 6.42 Å². The molecule has 1 fully saturated rings. The Labute approximate surface area is 173 Å². The zero-order chi connectivity index (χ0) is 21.7. The molecule has 8 nitrogen and oxygen atoms in total. The van der Waals surface area contributed by atoms with E-state index in [4.69, 9.17) is 9.47 Å². The molecule has 1 saturated heterocycles. The van der Waals surface area contributed by atoms with Gasteiger partial charge in [-0.05, 0) is 36.4 Å². The zero-order valence-corrected chi connectivity index (χ0v) is 16.6. The van der Waals surface area contributed by atoms with Crippen LogP contribution in [0.15, 0.2) is 42.5 Å². The van der Waals surface area contributed by atoms with Crippen molar-refractivity contribution in [2.24, 2.45) is 5.92 Å². The molecule has 30 heavy (non-hydrogen) atoms. The van der Waals surface area contributed by atoms with Crippen LogP contribution in [0.3, 0.4) is 0 Å². The number of halogens is 1. The highest BCUT2D eigenvalue weighted by Crippen LogP contribution is 2.29. The smallest absolute Gasteiger partial charge is 0.243 e. The topological polar surface area (TPSA) is 97.0 Å². The van der Waals surface area contributed by atoms with Crippen LogP contribution in [0.25, 0.3) is 0 Å². The fourth-order valence-corrected chi connectivity index (χ4v) is 3.17. The van der Waals surface area contributed by atoms with Gasteiger partial charge in [0.25, 0.3) is 0 Å². The lowest BCUT2D eigenvalue weighted by atomic mass is 10.1. The minimum Gasteiger partial charge on any atom is -0.497 e. The Hall–Kier alpha value is -3.62. The number of rotatable bonds is 7. The quantitative estimate of drug-likeness (QED) is 0.721. The van der Waals surface area contributed by atoms with E-state index in [0.717, 1.165) is 0 Å². The Bertz CT molecular complexity index is 948. The number of amides is 3. The first-order chi connectivity index (χ1) is 14.4. The van der Waals surface area contributed by atoms with Crippen LogP contribution in [-0.4, -0.2) is 45.0 Å². The molecule has 0 unspecified atom stereocenters. The van der Waals surface area contributed by atoms with Crippen LogP contribution in [0.2, 0.25) is 0 Å². The summed E-state index contributed by atoms with van der Waals surface area (Å²) in [6, 6.07) is 10.4. The van der Waals surface area contributed by atoms with Crippen molar-refractivity contribution >= 4 is 29.1 Å². The number of carbonyl (C=O) groups excluding carboxylic acids is 3. The molecule has 0 aromatic heterocycles. The molecule has 1 aliphatic heterocycles. The van der Waals surface area contributed by atoms with Crippen LogP contribution in [-0.2, 0) is 14.4 Å². The molecule has 0 spiro atoms. The van der Waals surface area contributed by atoms with Gasteiger partial charge in [-0.3, -0.25) is 14.4 Å². The summed E-state index contributed by atoms with van der Waals surface area (Å²) < 4.78 is 23.4. The molecule has 0 bridgehead atoms. The summed E-state index contributed by atoms with van der Waals surface area (Å²) in [6.45, 7) is -0.0952. The van der Waals surface area contributed by atoms with Gasteiger partial charge in [0, 0.05) is 24.7 Å². The first kappa shape index (κ1) is 21.1. The van der Waals surface area contributed by atoms with E-state index in [-0.39, 0.29) is 25.4 Å². The van der Waals surface area contributed by atoms with Gasteiger partial charge in [-0.15, -0.1) is 0 Å². The fraction of sp³-hybridized carbons (Fsp3) is 0.286. The van der Waals surface area contributed by atoms with Crippen molar-refractivity contribution in [1.29, 1.82) is 0 Å². The van der Waals surface area contributed by atoms with Crippen molar-refractivity contribution in [3.8, 4) is 11.5 Å². The van der Waals surface area contributed by atoms with Gasteiger partial charge in [0.15, 0.2) is 0 Å². The second-order valence-electron chi connectivity index (χ2n) is 6.71. The van der Waals surface area contributed by atoms with Crippen LogP contribution >= 0.6 is 0 Å². The van der Waals surface area contributed by atoms with Crippen molar-refractivity contribution in [3.05, 3.63) is 48.3 Å². The van der Waals surface area contributed by atoms with Gasteiger partial charge in [-0.2, -0.15) is 0 Å². The lowest BCUT2D eigenvalue weighted by molar-refractivity contribution is -0.127. The third-order valence-corrected chi connectivity index (χ3v) is 4.74. The number of carbonyl (C=O) groups is 3. The Kier molecular flexibility index (Phi) is 6.51. The average molecular weight is 415 g/mol. The predicted molar refractivity (Wildman–Crippen MR) is 108 cm³/mol. The minimum atomic E-state index is -0.596. The van der Waals surface area contributed by atoms with Crippen molar-refractivity contribution < 1.29 is 28.2 Å². The molecule has 3 rings (SSSR count). The molecule has 1 aliphatic rings. The van der Waals surface area contributed by atoms with E-state index in [1.165, 1.54) is 43.4 Å². The molecule has 2 aromatic carbocycles.